The van der Waals surface area contributed by atoms with E-state index in [1.54, 1.807) is 18.3 Å². The van der Waals surface area contributed by atoms with Crippen LogP contribution in [-0.2, 0) is 0 Å². The first-order valence-corrected chi connectivity index (χ1v) is 23.6. The third-order valence-electron chi connectivity index (χ3n) is 12.9. The fourth-order valence-corrected chi connectivity index (χ4v) is 9.61. The Kier molecular flexibility index (Phi) is 11.9. The second-order valence-electron chi connectivity index (χ2n) is 18.1. The number of nitriles is 1. The molecule has 0 saturated heterocycles. The molecule has 6 aromatic carbocycles. The van der Waals surface area contributed by atoms with E-state index in [4.69, 9.17) is 10.2 Å². The number of nitrogens with zero attached hydrogens (tertiary/aromatic N) is 9. The highest BCUT2D eigenvalue weighted by atomic mass is 19.1. The molecule has 0 spiro atoms. The molecule has 8 heterocycles. The highest BCUT2D eigenvalue weighted by Gasteiger charge is 2.12. The summed E-state index contributed by atoms with van der Waals surface area (Å²) in [7, 11) is 0. The highest BCUT2D eigenvalue weighted by molar-refractivity contribution is 6.23. The predicted octanol–water partition coefficient (Wildman–Crippen LogP) is 15.1. The fraction of sp³-hybridized carbons (Fsp3) is 0.0806. The summed E-state index contributed by atoms with van der Waals surface area (Å²) in [5, 5.41) is 20.8. The van der Waals surface area contributed by atoms with Crippen LogP contribution in [0.15, 0.2) is 171 Å². The molecule has 14 rings (SSSR count). The molecule has 0 aliphatic rings. The van der Waals surface area contributed by atoms with Crippen molar-refractivity contribution >= 4 is 109 Å². The van der Waals surface area contributed by atoms with Gasteiger partial charge in [0.25, 0.3) is 0 Å². The van der Waals surface area contributed by atoms with E-state index in [2.05, 4.69) is 135 Å². The van der Waals surface area contributed by atoms with E-state index in [1.807, 2.05) is 68.8 Å². The third kappa shape index (κ3) is 8.76. The van der Waals surface area contributed by atoms with Gasteiger partial charge in [0.05, 0.1) is 73.7 Å². The minimum atomic E-state index is -0.390. The number of hydrogen-bond donors (Lipinski definition) is 0. The van der Waals surface area contributed by atoms with Gasteiger partial charge in [0.15, 0.2) is 0 Å². The van der Waals surface area contributed by atoms with Crippen LogP contribution < -0.4 is 0 Å². The number of pyridine rings is 8. The quantitative estimate of drug-likeness (QED) is 0.108. The number of aromatic nitrogens is 8. The van der Waals surface area contributed by atoms with Crippen LogP contribution in [0.2, 0.25) is 0 Å². The lowest BCUT2D eigenvalue weighted by molar-refractivity contribution is 0.623. The lowest BCUT2D eigenvalue weighted by Gasteiger charge is -2.08. The van der Waals surface area contributed by atoms with Crippen LogP contribution >= 0.6 is 0 Å². The van der Waals surface area contributed by atoms with Crippen molar-refractivity contribution in [2.75, 3.05) is 0 Å². The Labute approximate surface area is 417 Å². The SMILES string of the molecule is Cc1cc(C)c2ccc3c(C#N)ccnc3c2n1.Cc1cc2cc(F)cnc2c2ncc(F)cc12.Cc1cnc2c(c1)c1ccccc1c1cccnc12.Cc1cnc2c(ccc3cc4ccccc4nc32)c1. The van der Waals surface area contributed by atoms with Crippen molar-refractivity contribution in [2.45, 2.75) is 34.6 Å². The van der Waals surface area contributed by atoms with Crippen LogP contribution in [0.5, 0.6) is 0 Å². The Balaban J connectivity index is 0.000000105. The van der Waals surface area contributed by atoms with Crippen LogP contribution in [0.3, 0.4) is 0 Å². The first-order valence-electron chi connectivity index (χ1n) is 23.6. The van der Waals surface area contributed by atoms with E-state index in [0.717, 1.165) is 83.8 Å². The maximum atomic E-state index is 13.1. The number of halogens is 2. The molecule has 9 nitrogen and oxygen atoms in total. The van der Waals surface area contributed by atoms with Gasteiger partial charge in [-0.25, -0.2) is 13.8 Å². The minimum Gasteiger partial charge on any atom is -0.254 e. The van der Waals surface area contributed by atoms with Gasteiger partial charge >= 0.3 is 0 Å². The Hall–Kier alpha value is -9.53. The second kappa shape index (κ2) is 19.0. The van der Waals surface area contributed by atoms with Crippen molar-refractivity contribution < 1.29 is 8.78 Å². The molecule has 0 saturated carbocycles. The van der Waals surface area contributed by atoms with Crippen molar-refractivity contribution in [1.29, 1.82) is 5.26 Å². The maximum absolute atomic E-state index is 13.1. The van der Waals surface area contributed by atoms with Crippen LogP contribution in [0.4, 0.5) is 8.78 Å². The highest BCUT2D eigenvalue weighted by Crippen LogP contribution is 2.34. The zero-order valence-electron chi connectivity index (χ0n) is 40.4. The monoisotopic (exact) mass is 951 g/mol. The molecule has 0 fully saturated rings. The molecule has 0 radical (unpaired) electrons. The van der Waals surface area contributed by atoms with Gasteiger partial charge in [-0.05, 0) is 128 Å². The average Bonchev–Trinajstić information content (AvgIpc) is 3.40. The van der Waals surface area contributed by atoms with Gasteiger partial charge in [0, 0.05) is 79.0 Å². The zero-order chi connectivity index (χ0) is 50.3. The molecular weight excluding hydrogens is 909 g/mol. The van der Waals surface area contributed by atoms with Gasteiger partial charge in [-0.3, -0.25) is 34.9 Å². The summed E-state index contributed by atoms with van der Waals surface area (Å²) in [5.41, 5.74) is 13.8. The smallest absolute Gasteiger partial charge is 0.142 e. The summed E-state index contributed by atoms with van der Waals surface area (Å²) in [5.74, 6) is -0.777. The van der Waals surface area contributed by atoms with E-state index in [-0.39, 0.29) is 5.82 Å². The standard InChI is InChI=1S/2C17H12N2.C15H11N3.C13H8F2N2/c1-11-9-15-13-6-3-2-5-12(13)14-7-4-8-18-16(14)17(15)19-10-11;1-11-8-13-6-7-14-9-12-4-2-3-5-15(12)19-17(14)16(13)18-10-11;1-9-7-10(2)18-15-12(9)3-4-13-11(8-16)5-6-17-14(13)15;1-7-2-8-3-9(14)5-16-12(8)13-11(7)4-10(15)6-17-13/h2*2-10H,1H3;3-7H,1-2H3;2-6H,1H3. The summed E-state index contributed by atoms with van der Waals surface area (Å²) in [6.07, 6.45) is 9.59. The molecule has 8 aromatic heterocycles. The summed E-state index contributed by atoms with van der Waals surface area (Å²) in [6, 6.07) is 46.1. The summed E-state index contributed by atoms with van der Waals surface area (Å²) < 4.78 is 26.2. The Morgan fingerprint density at radius 1 is 0.370 bits per heavy atom. The van der Waals surface area contributed by atoms with Crippen LogP contribution in [0.25, 0.3) is 109 Å². The molecule has 0 aliphatic heterocycles. The molecule has 0 aliphatic carbocycles. The summed E-state index contributed by atoms with van der Waals surface area (Å²) in [6.45, 7) is 10.0. The predicted molar refractivity (Wildman–Crippen MR) is 292 cm³/mol. The molecule has 0 amide bonds. The molecule has 73 heavy (non-hydrogen) atoms. The average molecular weight is 952 g/mol. The van der Waals surface area contributed by atoms with Crippen LogP contribution in [-0.4, -0.2) is 39.9 Å². The fourth-order valence-electron chi connectivity index (χ4n) is 9.61. The lowest BCUT2D eigenvalue weighted by atomic mass is 9.99. The number of fused-ring (bicyclic) bond motifs is 16. The topological polar surface area (TPSA) is 127 Å². The van der Waals surface area contributed by atoms with Gasteiger partial charge < -0.3 is 0 Å². The zero-order valence-corrected chi connectivity index (χ0v) is 40.4. The largest absolute Gasteiger partial charge is 0.254 e. The van der Waals surface area contributed by atoms with Crippen molar-refractivity contribution in [1.82, 2.24) is 39.9 Å². The van der Waals surface area contributed by atoms with Crippen LogP contribution in [0, 0.1) is 57.6 Å². The van der Waals surface area contributed by atoms with E-state index in [9.17, 15) is 8.78 Å². The first kappa shape index (κ1) is 45.9. The van der Waals surface area contributed by atoms with E-state index in [0.29, 0.717) is 27.4 Å². The Bertz CT molecular complexity index is 4540. The molecule has 0 atom stereocenters. The number of aryl methyl sites for hydroxylation is 5. The van der Waals surface area contributed by atoms with Gasteiger partial charge in [-0.1, -0.05) is 72.8 Å². The molecule has 0 N–H and O–H groups in total. The Morgan fingerprint density at radius 3 is 1.77 bits per heavy atom. The summed E-state index contributed by atoms with van der Waals surface area (Å²) >= 11 is 0. The van der Waals surface area contributed by atoms with Crippen molar-refractivity contribution in [3.05, 3.63) is 216 Å². The van der Waals surface area contributed by atoms with Gasteiger partial charge in [0.1, 0.15) is 11.6 Å². The van der Waals surface area contributed by atoms with E-state index in [1.165, 1.54) is 55.8 Å². The molecule has 11 heteroatoms. The molecule has 0 bridgehead atoms. The van der Waals surface area contributed by atoms with Gasteiger partial charge in [0.2, 0.25) is 0 Å². The second-order valence-corrected chi connectivity index (χ2v) is 18.1. The third-order valence-corrected chi connectivity index (χ3v) is 12.9. The van der Waals surface area contributed by atoms with Gasteiger partial charge in [-0.15, -0.1) is 0 Å². The maximum Gasteiger partial charge on any atom is 0.142 e. The molecule has 0 unspecified atom stereocenters. The Morgan fingerprint density at radius 2 is 0.959 bits per heavy atom. The van der Waals surface area contributed by atoms with Gasteiger partial charge in [-0.2, -0.15) is 5.26 Å². The van der Waals surface area contributed by atoms with Crippen molar-refractivity contribution in [3.8, 4) is 6.07 Å². The normalized spacial score (nSPS) is 11.2. The first-order chi connectivity index (χ1) is 35.5. The van der Waals surface area contributed by atoms with E-state index < -0.39 is 5.82 Å². The number of rotatable bonds is 0. The number of para-hydroxylation sites is 1. The number of benzene rings is 6. The minimum absolute atomic E-state index is 0.387. The van der Waals surface area contributed by atoms with Crippen molar-refractivity contribution in [2.24, 2.45) is 0 Å². The summed E-state index contributed by atoms with van der Waals surface area (Å²) in [4.78, 5) is 35.5. The van der Waals surface area contributed by atoms with E-state index >= 15 is 0 Å². The van der Waals surface area contributed by atoms with Crippen LogP contribution in [0.1, 0.15) is 33.5 Å². The molecular formula is C62H43F2N9. The molecule has 350 valence electrons. The molecule has 14 aromatic rings. The lowest BCUT2D eigenvalue weighted by Crippen LogP contribution is -1.91. The van der Waals surface area contributed by atoms with Crippen molar-refractivity contribution in [3.63, 3.8) is 0 Å². The number of hydrogen-bond acceptors (Lipinski definition) is 9.